The summed E-state index contributed by atoms with van der Waals surface area (Å²) in [4.78, 5) is 29.2. The zero-order valence-electron chi connectivity index (χ0n) is 21.3. The second-order valence-corrected chi connectivity index (χ2v) is 10.8. The van der Waals surface area contributed by atoms with Crippen molar-refractivity contribution in [2.45, 2.75) is 94.5 Å². The Labute approximate surface area is 214 Å². The summed E-state index contributed by atoms with van der Waals surface area (Å²) in [5.41, 5.74) is 1.14. The Bertz CT molecular complexity index is 914. The van der Waals surface area contributed by atoms with Crippen molar-refractivity contribution in [3.63, 3.8) is 0 Å². The van der Waals surface area contributed by atoms with E-state index in [4.69, 9.17) is 0 Å². The second-order valence-electron chi connectivity index (χ2n) is 10.8. The van der Waals surface area contributed by atoms with Gasteiger partial charge in [-0.05, 0) is 37.7 Å². The minimum absolute atomic E-state index is 0.00978. The van der Waals surface area contributed by atoms with E-state index in [0.717, 1.165) is 64.6 Å². The molecule has 8 heteroatoms. The first-order valence-electron chi connectivity index (χ1n) is 13.6. The van der Waals surface area contributed by atoms with E-state index in [9.17, 15) is 19.2 Å². The summed E-state index contributed by atoms with van der Waals surface area (Å²) in [5, 5.41) is 16.0. The zero-order valence-corrected chi connectivity index (χ0v) is 21.3. The molecule has 2 unspecified atom stereocenters. The van der Waals surface area contributed by atoms with Crippen LogP contribution in [0.25, 0.3) is 0 Å². The van der Waals surface area contributed by atoms with Gasteiger partial charge in [0.2, 0.25) is 11.8 Å². The minimum atomic E-state index is -1.12. The van der Waals surface area contributed by atoms with Crippen LogP contribution >= 0.6 is 0 Å². The number of hydrogen-bond donors (Lipinski definition) is 2. The van der Waals surface area contributed by atoms with Gasteiger partial charge in [-0.3, -0.25) is 14.5 Å². The summed E-state index contributed by atoms with van der Waals surface area (Å²) in [7, 11) is 0. The maximum absolute atomic E-state index is 13.7. The summed E-state index contributed by atoms with van der Waals surface area (Å²) >= 11 is 0. The lowest BCUT2D eigenvalue weighted by molar-refractivity contribution is -0.131. The van der Waals surface area contributed by atoms with Crippen molar-refractivity contribution in [1.29, 1.82) is 5.26 Å². The van der Waals surface area contributed by atoms with E-state index in [-0.39, 0.29) is 42.9 Å². The van der Waals surface area contributed by atoms with Gasteiger partial charge in [0.05, 0.1) is 19.2 Å². The van der Waals surface area contributed by atoms with E-state index in [1.165, 1.54) is 16.9 Å². The number of halogens is 1. The molecule has 196 valence electrons. The smallest absolute Gasteiger partial charge is 0.237 e. The number of alkyl halides is 1. The molecule has 3 aliphatic rings. The third-order valence-corrected chi connectivity index (χ3v) is 8.09. The summed E-state index contributed by atoms with van der Waals surface area (Å²) in [5.74, 6) is -0.0998. The van der Waals surface area contributed by atoms with E-state index in [2.05, 4.69) is 45.9 Å². The quantitative estimate of drug-likeness (QED) is 0.518. The molecule has 2 aliphatic heterocycles. The fraction of sp³-hybridized carbons (Fsp3) is 0.679. The van der Waals surface area contributed by atoms with Crippen molar-refractivity contribution < 1.29 is 14.0 Å². The molecule has 0 radical (unpaired) electrons. The van der Waals surface area contributed by atoms with Crippen LogP contribution in [0.15, 0.2) is 30.3 Å². The topological polar surface area (TPSA) is 88.5 Å². The number of benzene rings is 1. The van der Waals surface area contributed by atoms with Gasteiger partial charge in [-0.1, -0.05) is 49.6 Å². The average molecular weight is 498 g/mol. The molecule has 7 nitrogen and oxygen atoms in total. The highest BCUT2D eigenvalue weighted by Gasteiger charge is 2.37. The number of amides is 2. The largest absolute Gasteiger partial charge is 0.352 e. The number of hydrogen-bond acceptors (Lipinski definition) is 5. The Kier molecular flexibility index (Phi) is 9.33. The number of nitrogens with one attached hydrogen (secondary N) is 2. The van der Waals surface area contributed by atoms with Gasteiger partial charge in [0, 0.05) is 44.1 Å². The highest BCUT2D eigenvalue weighted by atomic mass is 19.1. The first-order chi connectivity index (χ1) is 17.5. The standard InChI is InChI=1S/C28H40FN5O2/c29-23-16-25(17-30)34(20-23)27(36)18-31-28(12-5-2-6-13-28)14-7-10-26(35)32-24-11-15-33(21-24)19-22-8-3-1-4-9-22/h1,3-4,8-9,23-25,31H,2,5-7,10-16,18-21H2,(H,32,35)/t23?,24-,25?/m0/s1. The third-order valence-electron chi connectivity index (χ3n) is 8.09. The molecule has 1 aromatic carbocycles. The maximum atomic E-state index is 13.7. The maximum Gasteiger partial charge on any atom is 0.237 e. The molecule has 2 saturated heterocycles. The monoisotopic (exact) mass is 497 g/mol. The highest BCUT2D eigenvalue weighted by molar-refractivity contribution is 5.79. The van der Waals surface area contributed by atoms with E-state index in [1.807, 2.05) is 6.07 Å². The van der Waals surface area contributed by atoms with Gasteiger partial charge in [-0.15, -0.1) is 0 Å². The molecule has 3 atom stereocenters. The van der Waals surface area contributed by atoms with Crippen molar-refractivity contribution in [3.8, 4) is 6.07 Å². The lowest BCUT2D eigenvalue weighted by Crippen LogP contribution is -2.51. The minimum Gasteiger partial charge on any atom is -0.352 e. The van der Waals surface area contributed by atoms with Crippen LogP contribution < -0.4 is 10.6 Å². The molecule has 1 saturated carbocycles. The molecule has 4 rings (SSSR count). The molecule has 1 aliphatic carbocycles. The molecule has 2 amide bonds. The predicted octanol–water partition coefficient (Wildman–Crippen LogP) is 3.30. The van der Waals surface area contributed by atoms with Crippen LogP contribution in [0, 0.1) is 11.3 Å². The molecular weight excluding hydrogens is 457 g/mol. The van der Waals surface area contributed by atoms with Crippen molar-refractivity contribution in [3.05, 3.63) is 35.9 Å². The summed E-state index contributed by atoms with van der Waals surface area (Å²) in [6.07, 6.45) is 7.40. The molecule has 1 aromatic rings. The van der Waals surface area contributed by atoms with E-state index in [0.29, 0.717) is 6.42 Å². The van der Waals surface area contributed by atoms with Crippen molar-refractivity contribution in [2.75, 3.05) is 26.2 Å². The molecule has 36 heavy (non-hydrogen) atoms. The van der Waals surface area contributed by atoms with Crippen molar-refractivity contribution in [2.24, 2.45) is 0 Å². The number of nitriles is 1. The lowest BCUT2D eigenvalue weighted by atomic mass is 9.78. The van der Waals surface area contributed by atoms with Crippen LogP contribution in [0.4, 0.5) is 4.39 Å². The molecule has 0 aromatic heterocycles. The van der Waals surface area contributed by atoms with E-state index < -0.39 is 12.2 Å². The average Bonchev–Trinajstić information content (AvgIpc) is 3.49. The van der Waals surface area contributed by atoms with E-state index >= 15 is 0 Å². The van der Waals surface area contributed by atoms with Gasteiger partial charge in [0.1, 0.15) is 12.2 Å². The lowest BCUT2D eigenvalue weighted by Gasteiger charge is -2.39. The predicted molar refractivity (Wildman–Crippen MR) is 137 cm³/mol. The van der Waals surface area contributed by atoms with Crippen LogP contribution in [0.1, 0.15) is 69.8 Å². The van der Waals surface area contributed by atoms with Crippen LogP contribution in [-0.2, 0) is 16.1 Å². The number of rotatable bonds is 10. The van der Waals surface area contributed by atoms with Crippen LogP contribution in [0.3, 0.4) is 0 Å². The normalized spacial score (nSPS) is 26.0. The fourth-order valence-electron chi connectivity index (χ4n) is 6.11. The molecule has 0 bridgehead atoms. The molecule has 2 heterocycles. The summed E-state index contributed by atoms with van der Waals surface area (Å²) < 4.78 is 13.7. The van der Waals surface area contributed by atoms with Crippen LogP contribution in [-0.4, -0.2) is 71.6 Å². The highest BCUT2D eigenvalue weighted by Crippen LogP contribution is 2.32. The Morgan fingerprint density at radius 1 is 1.14 bits per heavy atom. The van der Waals surface area contributed by atoms with Crippen LogP contribution in [0.5, 0.6) is 0 Å². The van der Waals surface area contributed by atoms with Gasteiger partial charge >= 0.3 is 0 Å². The first-order valence-corrected chi connectivity index (χ1v) is 13.6. The Morgan fingerprint density at radius 3 is 2.67 bits per heavy atom. The van der Waals surface area contributed by atoms with Crippen LogP contribution in [0.2, 0.25) is 0 Å². The first kappa shape index (κ1) is 26.6. The van der Waals surface area contributed by atoms with E-state index in [1.54, 1.807) is 0 Å². The summed E-state index contributed by atoms with van der Waals surface area (Å²) in [6.45, 7) is 2.92. The van der Waals surface area contributed by atoms with Gasteiger partial charge < -0.3 is 15.5 Å². The number of likely N-dealkylation sites (tertiary alicyclic amines) is 2. The molecule has 2 N–H and O–H groups in total. The zero-order chi connectivity index (χ0) is 25.4. The van der Waals surface area contributed by atoms with Crippen molar-refractivity contribution >= 4 is 11.8 Å². The van der Waals surface area contributed by atoms with Gasteiger partial charge in [-0.2, -0.15) is 5.26 Å². The third kappa shape index (κ3) is 7.27. The molecule has 0 spiro atoms. The fourth-order valence-corrected chi connectivity index (χ4v) is 6.11. The van der Waals surface area contributed by atoms with Gasteiger partial charge in [0.25, 0.3) is 0 Å². The molecular formula is C28H40FN5O2. The Balaban J connectivity index is 1.20. The molecule has 3 fully saturated rings. The van der Waals surface area contributed by atoms with Gasteiger partial charge in [0.15, 0.2) is 0 Å². The number of carbonyl (C=O) groups is 2. The Morgan fingerprint density at radius 2 is 1.92 bits per heavy atom. The number of carbonyl (C=O) groups excluding carboxylic acids is 2. The Hall–Kier alpha value is -2.50. The second kappa shape index (κ2) is 12.6. The number of nitrogens with zero attached hydrogens (tertiary/aromatic N) is 3. The van der Waals surface area contributed by atoms with Gasteiger partial charge in [-0.25, -0.2) is 4.39 Å². The summed E-state index contributed by atoms with van der Waals surface area (Å²) in [6, 6.07) is 12.0. The van der Waals surface area contributed by atoms with Crippen molar-refractivity contribution in [1.82, 2.24) is 20.4 Å². The SMILES string of the molecule is N#CC1CC(F)CN1C(=O)CNC1(CCCC(=O)N[C@H]2CCN(Cc3ccccc3)C2)CCCCC1.